The van der Waals surface area contributed by atoms with Gasteiger partial charge in [0.25, 0.3) is 0 Å². The lowest BCUT2D eigenvalue weighted by Crippen LogP contribution is -2.02. The van der Waals surface area contributed by atoms with Crippen LogP contribution >= 0.6 is 15.9 Å². The van der Waals surface area contributed by atoms with Gasteiger partial charge in [-0.1, -0.05) is 21.0 Å². The van der Waals surface area contributed by atoms with E-state index in [1.165, 1.54) is 13.3 Å². The van der Waals surface area contributed by atoms with E-state index in [0.717, 1.165) is 4.47 Å². The van der Waals surface area contributed by atoms with Crippen LogP contribution in [0.1, 0.15) is 10.4 Å². The molecule has 0 saturated carbocycles. The number of carbonyl (C=O) groups is 1. The Morgan fingerprint density at radius 3 is 3.00 bits per heavy atom. The number of esters is 1. The van der Waals surface area contributed by atoms with Gasteiger partial charge < -0.3 is 4.74 Å². The highest BCUT2D eigenvalue weighted by Gasteiger charge is 2.14. The fraction of sp³-hybridized carbons (Fsp3) is 0.0909. The summed E-state index contributed by atoms with van der Waals surface area (Å²) in [5, 5.41) is 4.15. The lowest BCUT2D eigenvalue weighted by atomic mass is 10.1. The number of nitrogens with zero attached hydrogens (tertiary/aromatic N) is 4. The van der Waals surface area contributed by atoms with Crippen molar-refractivity contribution in [1.29, 1.82) is 0 Å². The summed E-state index contributed by atoms with van der Waals surface area (Å²) in [7, 11) is 1.26. The maximum atomic E-state index is 11.6. The first-order chi connectivity index (χ1) is 8.67. The minimum atomic E-state index is -0.591. The zero-order valence-electron chi connectivity index (χ0n) is 9.29. The van der Waals surface area contributed by atoms with Crippen molar-refractivity contribution in [2.24, 2.45) is 5.11 Å². The molecule has 18 heavy (non-hydrogen) atoms. The maximum absolute atomic E-state index is 11.6. The molecule has 90 valence electrons. The van der Waals surface area contributed by atoms with Crippen LogP contribution in [0.3, 0.4) is 0 Å². The van der Waals surface area contributed by atoms with Gasteiger partial charge in [-0.05, 0) is 23.7 Å². The van der Waals surface area contributed by atoms with E-state index in [0.29, 0.717) is 10.9 Å². The molecule has 1 aromatic heterocycles. The standard InChI is InChI=1S/C11H7BrN4O2/c1-18-11(17)8-5-14-9-3-2-6(12)4-7(9)10(8)15-16-13/h2-5H,1H3. The van der Waals surface area contributed by atoms with Crippen LogP contribution in [0.15, 0.2) is 34.0 Å². The molecular formula is C11H7BrN4O2. The van der Waals surface area contributed by atoms with Crippen molar-refractivity contribution in [2.75, 3.05) is 7.11 Å². The summed E-state index contributed by atoms with van der Waals surface area (Å²) >= 11 is 3.32. The Kier molecular flexibility index (Phi) is 3.45. The molecule has 0 fully saturated rings. The fourth-order valence-electron chi connectivity index (χ4n) is 1.56. The first kappa shape index (κ1) is 12.3. The van der Waals surface area contributed by atoms with Crippen LogP contribution in [0.25, 0.3) is 21.3 Å². The molecule has 0 N–H and O–H groups in total. The molecule has 0 aliphatic carbocycles. The van der Waals surface area contributed by atoms with Gasteiger partial charge in [-0.15, -0.1) is 0 Å². The molecule has 1 aromatic carbocycles. The molecule has 0 bridgehead atoms. The van der Waals surface area contributed by atoms with Crippen LogP contribution in [-0.4, -0.2) is 18.1 Å². The van der Waals surface area contributed by atoms with Gasteiger partial charge in [0, 0.05) is 21.0 Å². The van der Waals surface area contributed by atoms with E-state index in [2.05, 4.69) is 35.7 Å². The van der Waals surface area contributed by atoms with Crippen molar-refractivity contribution in [3.8, 4) is 0 Å². The van der Waals surface area contributed by atoms with Crippen molar-refractivity contribution in [1.82, 2.24) is 4.98 Å². The average molecular weight is 307 g/mol. The van der Waals surface area contributed by atoms with Gasteiger partial charge in [0.1, 0.15) is 0 Å². The minimum absolute atomic E-state index is 0.140. The number of azide groups is 1. The summed E-state index contributed by atoms with van der Waals surface area (Å²) in [6.45, 7) is 0. The Morgan fingerprint density at radius 2 is 2.33 bits per heavy atom. The number of benzene rings is 1. The van der Waals surface area contributed by atoms with Gasteiger partial charge in [-0.2, -0.15) is 0 Å². The first-order valence-corrected chi connectivity index (χ1v) is 5.68. The van der Waals surface area contributed by atoms with Crippen molar-refractivity contribution in [2.45, 2.75) is 0 Å². The maximum Gasteiger partial charge on any atom is 0.339 e. The first-order valence-electron chi connectivity index (χ1n) is 4.89. The number of aromatic nitrogens is 1. The van der Waals surface area contributed by atoms with Crippen molar-refractivity contribution in [3.05, 3.63) is 44.9 Å². The van der Waals surface area contributed by atoms with E-state index < -0.39 is 5.97 Å². The predicted molar refractivity (Wildman–Crippen MR) is 69.6 cm³/mol. The quantitative estimate of drug-likeness (QED) is 0.366. The zero-order chi connectivity index (χ0) is 13.1. The second kappa shape index (κ2) is 5.03. The van der Waals surface area contributed by atoms with Crippen LogP contribution in [0, 0.1) is 0 Å². The number of ether oxygens (including phenoxy) is 1. The third-order valence-electron chi connectivity index (χ3n) is 2.35. The highest BCUT2D eigenvalue weighted by Crippen LogP contribution is 2.31. The van der Waals surface area contributed by atoms with Crippen LogP contribution in [0.4, 0.5) is 5.69 Å². The van der Waals surface area contributed by atoms with Crippen molar-refractivity contribution in [3.63, 3.8) is 0 Å². The lowest BCUT2D eigenvalue weighted by molar-refractivity contribution is 0.0601. The number of hydrogen-bond acceptors (Lipinski definition) is 4. The summed E-state index contributed by atoms with van der Waals surface area (Å²) in [5.74, 6) is -0.591. The molecule has 2 aromatic rings. The van der Waals surface area contributed by atoms with E-state index in [-0.39, 0.29) is 11.3 Å². The number of hydrogen-bond donors (Lipinski definition) is 0. The molecule has 0 aliphatic heterocycles. The van der Waals surface area contributed by atoms with E-state index in [1.807, 2.05) is 6.07 Å². The van der Waals surface area contributed by atoms with Gasteiger partial charge in [0.15, 0.2) is 0 Å². The van der Waals surface area contributed by atoms with Crippen LogP contribution in [0.2, 0.25) is 0 Å². The SMILES string of the molecule is COC(=O)c1cnc2ccc(Br)cc2c1N=[N+]=[N-]. The molecule has 7 heteroatoms. The smallest absolute Gasteiger partial charge is 0.339 e. The van der Waals surface area contributed by atoms with E-state index in [4.69, 9.17) is 5.53 Å². The number of pyridine rings is 1. The fourth-order valence-corrected chi connectivity index (χ4v) is 1.92. The second-order valence-corrected chi connectivity index (χ2v) is 4.28. The minimum Gasteiger partial charge on any atom is -0.465 e. The van der Waals surface area contributed by atoms with Gasteiger partial charge in [-0.3, -0.25) is 4.98 Å². The second-order valence-electron chi connectivity index (χ2n) is 3.36. The molecule has 0 atom stereocenters. The van der Waals surface area contributed by atoms with E-state index in [1.54, 1.807) is 12.1 Å². The largest absolute Gasteiger partial charge is 0.465 e. The molecule has 0 saturated heterocycles. The number of carbonyl (C=O) groups excluding carboxylic acids is 1. The van der Waals surface area contributed by atoms with Crippen molar-refractivity contribution < 1.29 is 9.53 Å². The Balaban J connectivity index is 2.84. The molecule has 0 aliphatic rings. The van der Waals surface area contributed by atoms with E-state index in [9.17, 15) is 4.79 Å². The molecule has 0 amide bonds. The number of fused-ring (bicyclic) bond motifs is 1. The van der Waals surface area contributed by atoms with Gasteiger partial charge in [0.05, 0.1) is 23.9 Å². The van der Waals surface area contributed by atoms with Gasteiger partial charge >= 0.3 is 5.97 Å². The number of methoxy groups -OCH3 is 1. The Bertz CT molecular complexity index is 680. The average Bonchev–Trinajstić information content (AvgIpc) is 2.38. The molecule has 0 radical (unpaired) electrons. The zero-order valence-corrected chi connectivity index (χ0v) is 10.9. The van der Waals surface area contributed by atoms with E-state index >= 15 is 0 Å². The normalized spacial score (nSPS) is 9.89. The molecule has 2 rings (SSSR count). The highest BCUT2D eigenvalue weighted by atomic mass is 79.9. The molecular weight excluding hydrogens is 300 g/mol. The third-order valence-corrected chi connectivity index (χ3v) is 2.84. The van der Waals surface area contributed by atoms with Gasteiger partial charge in [0.2, 0.25) is 0 Å². The Morgan fingerprint density at radius 1 is 1.56 bits per heavy atom. The monoisotopic (exact) mass is 306 g/mol. The Hall–Kier alpha value is -2.11. The van der Waals surface area contributed by atoms with Gasteiger partial charge in [-0.25, -0.2) is 4.79 Å². The molecule has 0 spiro atoms. The predicted octanol–water partition coefficient (Wildman–Crippen LogP) is 3.73. The summed E-state index contributed by atoms with van der Waals surface area (Å²) in [4.78, 5) is 18.4. The van der Waals surface area contributed by atoms with Crippen LogP contribution in [0.5, 0.6) is 0 Å². The molecule has 6 nitrogen and oxygen atoms in total. The highest BCUT2D eigenvalue weighted by molar-refractivity contribution is 9.10. The number of halogens is 1. The van der Waals surface area contributed by atoms with Crippen molar-refractivity contribution >= 4 is 38.5 Å². The summed E-state index contributed by atoms with van der Waals surface area (Å²) in [6, 6.07) is 5.31. The van der Waals surface area contributed by atoms with Crippen LogP contribution in [-0.2, 0) is 4.74 Å². The summed E-state index contributed by atoms with van der Waals surface area (Å²) in [5.41, 5.74) is 9.59. The lowest BCUT2D eigenvalue weighted by Gasteiger charge is -2.06. The number of rotatable bonds is 2. The topological polar surface area (TPSA) is 88.0 Å². The summed E-state index contributed by atoms with van der Waals surface area (Å²) in [6.07, 6.45) is 1.34. The summed E-state index contributed by atoms with van der Waals surface area (Å²) < 4.78 is 5.43. The van der Waals surface area contributed by atoms with Crippen LogP contribution < -0.4 is 0 Å². The molecule has 0 unspecified atom stereocenters. The molecule has 1 heterocycles. The third kappa shape index (κ3) is 2.13. The Labute approximate surface area is 110 Å².